The van der Waals surface area contributed by atoms with Crippen molar-refractivity contribution in [2.45, 2.75) is 25.8 Å². The fraction of sp³-hybridized carbons (Fsp3) is 0.615. The highest BCUT2D eigenvalue weighted by atomic mass is 16.5. The molecule has 0 radical (unpaired) electrons. The van der Waals surface area contributed by atoms with E-state index in [4.69, 9.17) is 9.47 Å². The molecule has 17 heavy (non-hydrogen) atoms. The second-order valence-electron chi connectivity index (χ2n) is 4.47. The van der Waals surface area contributed by atoms with Crippen molar-refractivity contribution < 1.29 is 9.47 Å². The summed E-state index contributed by atoms with van der Waals surface area (Å²) in [5.74, 6) is 1.33. The van der Waals surface area contributed by atoms with E-state index in [0.29, 0.717) is 17.8 Å². The lowest BCUT2D eigenvalue weighted by atomic mass is 9.93. The standard InChI is InChI=1S/C13H20N2O2/c1-10(11-5-7-17-8-6-11)15-12-3-4-13(16-2)14-9-12/h3-4,9-11,15H,5-8H2,1-2H3/t10-/m0/s1. The number of nitrogens with one attached hydrogen (secondary N) is 1. The Hall–Kier alpha value is -1.29. The number of hydrogen-bond acceptors (Lipinski definition) is 4. The minimum absolute atomic E-state index is 0.453. The van der Waals surface area contributed by atoms with E-state index in [1.54, 1.807) is 7.11 Å². The topological polar surface area (TPSA) is 43.4 Å². The van der Waals surface area contributed by atoms with Gasteiger partial charge in [0.2, 0.25) is 5.88 Å². The van der Waals surface area contributed by atoms with Gasteiger partial charge in [0.1, 0.15) is 0 Å². The molecule has 0 aliphatic carbocycles. The third-order valence-corrected chi connectivity index (χ3v) is 3.31. The number of rotatable bonds is 4. The van der Waals surface area contributed by atoms with Crippen LogP contribution in [-0.4, -0.2) is 31.3 Å². The first kappa shape index (κ1) is 12.2. The van der Waals surface area contributed by atoms with E-state index in [1.807, 2.05) is 18.3 Å². The second kappa shape index (κ2) is 5.87. The third-order valence-electron chi connectivity index (χ3n) is 3.31. The molecule has 1 aromatic rings. The van der Waals surface area contributed by atoms with E-state index < -0.39 is 0 Å². The van der Waals surface area contributed by atoms with E-state index in [-0.39, 0.29) is 0 Å². The number of hydrogen-bond donors (Lipinski definition) is 1. The number of methoxy groups -OCH3 is 1. The highest BCUT2D eigenvalue weighted by molar-refractivity contribution is 5.42. The molecule has 1 atom stereocenters. The summed E-state index contributed by atoms with van der Waals surface area (Å²) in [7, 11) is 1.63. The normalized spacial score (nSPS) is 18.7. The van der Waals surface area contributed by atoms with Gasteiger partial charge in [0, 0.05) is 25.3 Å². The van der Waals surface area contributed by atoms with Gasteiger partial charge in [0.25, 0.3) is 0 Å². The molecule has 94 valence electrons. The molecule has 2 heterocycles. The minimum Gasteiger partial charge on any atom is -0.481 e. The SMILES string of the molecule is COc1ccc(N[C@@H](C)C2CCOCC2)cn1. The first-order chi connectivity index (χ1) is 8.29. The molecule has 0 unspecified atom stereocenters. The van der Waals surface area contributed by atoms with Gasteiger partial charge in [0.05, 0.1) is 19.0 Å². The van der Waals surface area contributed by atoms with Gasteiger partial charge < -0.3 is 14.8 Å². The van der Waals surface area contributed by atoms with Gasteiger partial charge in [-0.15, -0.1) is 0 Å². The van der Waals surface area contributed by atoms with Crippen LogP contribution in [-0.2, 0) is 4.74 Å². The largest absolute Gasteiger partial charge is 0.481 e. The summed E-state index contributed by atoms with van der Waals surface area (Å²) in [5.41, 5.74) is 1.05. The molecule has 4 heteroatoms. The summed E-state index contributed by atoms with van der Waals surface area (Å²) in [4.78, 5) is 4.19. The van der Waals surface area contributed by atoms with Gasteiger partial charge in [0.15, 0.2) is 0 Å². The smallest absolute Gasteiger partial charge is 0.213 e. The maximum absolute atomic E-state index is 5.37. The zero-order chi connectivity index (χ0) is 12.1. The van der Waals surface area contributed by atoms with Crippen molar-refractivity contribution in [3.63, 3.8) is 0 Å². The molecule has 0 amide bonds. The molecule has 4 nitrogen and oxygen atoms in total. The van der Waals surface area contributed by atoms with Gasteiger partial charge in [-0.05, 0) is 31.7 Å². The maximum atomic E-state index is 5.37. The van der Waals surface area contributed by atoms with E-state index in [2.05, 4.69) is 17.2 Å². The van der Waals surface area contributed by atoms with Crippen LogP contribution >= 0.6 is 0 Å². The van der Waals surface area contributed by atoms with Crippen LogP contribution in [0.5, 0.6) is 5.88 Å². The Bertz CT molecular complexity index is 334. The lowest BCUT2D eigenvalue weighted by molar-refractivity contribution is 0.0622. The van der Waals surface area contributed by atoms with Gasteiger partial charge in [-0.3, -0.25) is 0 Å². The van der Waals surface area contributed by atoms with Crippen LogP contribution in [0.4, 0.5) is 5.69 Å². The molecule has 1 saturated heterocycles. The molecule has 0 saturated carbocycles. The van der Waals surface area contributed by atoms with Crippen molar-refractivity contribution in [1.82, 2.24) is 4.98 Å². The third kappa shape index (κ3) is 3.33. The highest BCUT2D eigenvalue weighted by Gasteiger charge is 2.20. The van der Waals surface area contributed by atoms with Gasteiger partial charge in [-0.25, -0.2) is 4.98 Å². The number of aromatic nitrogens is 1. The van der Waals surface area contributed by atoms with E-state index in [0.717, 1.165) is 31.7 Å². The molecule has 0 bridgehead atoms. The summed E-state index contributed by atoms with van der Waals surface area (Å²) in [6.07, 6.45) is 4.09. The molecule has 1 aliphatic heterocycles. The summed E-state index contributed by atoms with van der Waals surface area (Å²) < 4.78 is 10.4. The summed E-state index contributed by atoms with van der Waals surface area (Å²) in [6, 6.07) is 4.33. The average molecular weight is 236 g/mol. The van der Waals surface area contributed by atoms with Crippen molar-refractivity contribution in [3.05, 3.63) is 18.3 Å². The Morgan fingerprint density at radius 1 is 1.41 bits per heavy atom. The average Bonchev–Trinajstić information content (AvgIpc) is 2.40. The van der Waals surface area contributed by atoms with Crippen LogP contribution in [0, 0.1) is 5.92 Å². The summed E-state index contributed by atoms with van der Waals surface area (Å²) in [6.45, 7) is 4.00. The van der Waals surface area contributed by atoms with E-state index in [1.165, 1.54) is 0 Å². The lowest BCUT2D eigenvalue weighted by Gasteiger charge is -2.28. The van der Waals surface area contributed by atoms with Crippen molar-refractivity contribution in [2.24, 2.45) is 5.92 Å². The highest BCUT2D eigenvalue weighted by Crippen LogP contribution is 2.22. The second-order valence-corrected chi connectivity index (χ2v) is 4.47. The maximum Gasteiger partial charge on any atom is 0.213 e. The van der Waals surface area contributed by atoms with Crippen LogP contribution in [0.3, 0.4) is 0 Å². The zero-order valence-corrected chi connectivity index (χ0v) is 10.5. The first-order valence-corrected chi connectivity index (χ1v) is 6.14. The van der Waals surface area contributed by atoms with Crippen molar-refractivity contribution in [1.29, 1.82) is 0 Å². The molecule has 1 aromatic heterocycles. The monoisotopic (exact) mass is 236 g/mol. The first-order valence-electron chi connectivity index (χ1n) is 6.14. The molecule has 0 aromatic carbocycles. The van der Waals surface area contributed by atoms with Crippen LogP contribution in [0.15, 0.2) is 18.3 Å². The summed E-state index contributed by atoms with van der Waals surface area (Å²) in [5, 5.41) is 3.49. The predicted octanol–water partition coefficient (Wildman–Crippen LogP) is 2.32. The van der Waals surface area contributed by atoms with Crippen LogP contribution < -0.4 is 10.1 Å². The van der Waals surface area contributed by atoms with Gasteiger partial charge >= 0.3 is 0 Å². The Balaban J connectivity index is 1.89. The number of anilines is 1. The number of ether oxygens (including phenoxy) is 2. The minimum atomic E-state index is 0.453. The van der Waals surface area contributed by atoms with Crippen LogP contribution in [0.25, 0.3) is 0 Å². The van der Waals surface area contributed by atoms with Crippen molar-refractivity contribution >= 4 is 5.69 Å². The molecular formula is C13H20N2O2. The molecule has 0 spiro atoms. The Morgan fingerprint density at radius 2 is 2.18 bits per heavy atom. The van der Waals surface area contributed by atoms with E-state index >= 15 is 0 Å². The molecule has 1 N–H and O–H groups in total. The van der Waals surface area contributed by atoms with Gasteiger partial charge in [-0.2, -0.15) is 0 Å². The Morgan fingerprint density at radius 3 is 2.76 bits per heavy atom. The van der Waals surface area contributed by atoms with Crippen molar-refractivity contribution in [2.75, 3.05) is 25.6 Å². The summed E-state index contributed by atoms with van der Waals surface area (Å²) >= 11 is 0. The fourth-order valence-electron chi connectivity index (χ4n) is 2.18. The molecule has 1 aliphatic rings. The quantitative estimate of drug-likeness (QED) is 0.871. The van der Waals surface area contributed by atoms with Crippen LogP contribution in [0.1, 0.15) is 19.8 Å². The van der Waals surface area contributed by atoms with Crippen LogP contribution in [0.2, 0.25) is 0 Å². The lowest BCUT2D eigenvalue weighted by Crippen LogP contribution is -2.30. The predicted molar refractivity (Wildman–Crippen MR) is 67.4 cm³/mol. The Labute approximate surface area is 102 Å². The van der Waals surface area contributed by atoms with Crippen molar-refractivity contribution in [3.8, 4) is 5.88 Å². The molecule has 1 fully saturated rings. The number of nitrogens with zero attached hydrogens (tertiary/aromatic N) is 1. The fourth-order valence-corrected chi connectivity index (χ4v) is 2.18. The number of pyridine rings is 1. The van der Waals surface area contributed by atoms with Gasteiger partial charge in [-0.1, -0.05) is 0 Å². The zero-order valence-electron chi connectivity index (χ0n) is 10.5. The Kier molecular flexibility index (Phi) is 4.20. The molecular weight excluding hydrogens is 216 g/mol. The van der Waals surface area contributed by atoms with E-state index in [9.17, 15) is 0 Å². The molecule has 2 rings (SSSR count).